The van der Waals surface area contributed by atoms with E-state index in [9.17, 15) is 10.1 Å². The van der Waals surface area contributed by atoms with Gasteiger partial charge in [-0.05, 0) is 48.1 Å². The molecule has 1 aliphatic heterocycles. The number of hydrogen-bond donors (Lipinski definition) is 1. The van der Waals surface area contributed by atoms with Crippen LogP contribution in [0.2, 0.25) is 0 Å². The fourth-order valence-electron chi connectivity index (χ4n) is 4.98. The molecule has 0 unspecified atom stereocenters. The Morgan fingerprint density at radius 1 is 1.15 bits per heavy atom. The van der Waals surface area contributed by atoms with Gasteiger partial charge < -0.3 is 24.1 Å². The summed E-state index contributed by atoms with van der Waals surface area (Å²) < 4.78 is 17.5. The van der Waals surface area contributed by atoms with E-state index in [4.69, 9.17) is 13.9 Å². The average molecular weight is 540 g/mol. The van der Waals surface area contributed by atoms with Crippen molar-refractivity contribution < 1.29 is 18.7 Å². The normalized spacial score (nSPS) is 13.8. The van der Waals surface area contributed by atoms with Crippen LogP contribution >= 0.6 is 0 Å². The number of carbonyl (C=O) groups excluding carboxylic acids is 1. The maximum Gasteiger partial charge on any atom is 0.255 e. The lowest BCUT2D eigenvalue weighted by Crippen LogP contribution is -2.28. The van der Waals surface area contributed by atoms with Crippen LogP contribution in [0.1, 0.15) is 54.1 Å². The van der Waals surface area contributed by atoms with Crippen LogP contribution in [0.15, 0.2) is 47.1 Å². The molecule has 4 heterocycles. The maximum absolute atomic E-state index is 12.5. The van der Waals surface area contributed by atoms with Crippen LogP contribution in [0.5, 0.6) is 5.75 Å². The summed E-state index contributed by atoms with van der Waals surface area (Å²) in [5.74, 6) is 0.891. The van der Waals surface area contributed by atoms with Crippen LogP contribution in [0, 0.1) is 11.3 Å². The molecule has 0 aliphatic carbocycles. The zero-order valence-corrected chi connectivity index (χ0v) is 23.4. The van der Waals surface area contributed by atoms with Gasteiger partial charge in [-0.3, -0.25) is 9.78 Å². The number of fused-ring (bicyclic) bond motifs is 1. The maximum atomic E-state index is 12.5. The number of furan rings is 1. The highest BCUT2D eigenvalue weighted by Crippen LogP contribution is 2.40. The molecule has 0 radical (unpaired) electrons. The fourth-order valence-corrected chi connectivity index (χ4v) is 4.98. The number of nitrogens with zero attached hydrogens (tertiary/aromatic N) is 4. The number of rotatable bonds is 7. The Labute approximate surface area is 233 Å². The Morgan fingerprint density at radius 3 is 2.60 bits per heavy atom. The van der Waals surface area contributed by atoms with Crippen molar-refractivity contribution in [1.29, 1.82) is 5.26 Å². The number of pyridine rings is 2. The molecule has 0 spiro atoms. The molecule has 206 valence electrons. The number of anilines is 1. The highest BCUT2D eigenvalue weighted by Gasteiger charge is 2.23. The lowest BCUT2D eigenvalue weighted by molar-refractivity contribution is 0.0826. The van der Waals surface area contributed by atoms with E-state index < -0.39 is 0 Å². The van der Waals surface area contributed by atoms with Crippen molar-refractivity contribution in [2.75, 3.05) is 39.7 Å². The number of amides is 1. The minimum atomic E-state index is -0.171. The van der Waals surface area contributed by atoms with E-state index in [0.29, 0.717) is 39.4 Å². The van der Waals surface area contributed by atoms with Crippen LogP contribution in [0.4, 0.5) is 5.69 Å². The van der Waals surface area contributed by atoms with Gasteiger partial charge in [-0.2, -0.15) is 5.26 Å². The quantitative estimate of drug-likeness (QED) is 0.311. The molecule has 5 rings (SSSR count). The third-order valence-electron chi connectivity index (χ3n) is 7.16. The van der Waals surface area contributed by atoms with Gasteiger partial charge in [0.2, 0.25) is 0 Å². The molecule has 9 nitrogen and oxygen atoms in total. The first kappa shape index (κ1) is 27.2. The minimum absolute atomic E-state index is 0.162. The van der Waals surface area contributed by atoms with Crippen molar-refractivity contribution in [3.8, 4) is 34.4 Å². The minimum Gasteiger partial charge on any atom is -0.494 e. The van der Waals surface area contributed by atoms with Crippen LogP contribution in [-0.2, 0) is 4.74 Å². The van der Waals surface area contributed by atoms with E-state index in [1.54, 1.807) is 20.2 Å². The fraction of sp³-hybridized carbons (Fsp3) is 0.355. The first-order valence-corrected chi connectivity index (χ1v) is 13.4. The molecule has 1 amide bonds. The number of benzene rings is 1. The molecule has 9 heteroatoms. The molecule has 1 saturated heterocycles. The van der Waals surface area contributed by atoms with E-state index >= 15 is 0 Å². The average Bonchev–Trinajstić information content (AvgIpc) is 3.40. The van der Waals surface area contributed by atoms with Crippen molar-refractivity contribution in [3.05, 3.63) is 59.4 Å². The van der Waals surface area contributed by atoms with Crippen molar-refractivity contribution >= 4 is 22.7 Å². The first-order valence-electron chi connectivity index (χ1n) is 13.4. The molecule has 40 heavy (non-hydrogen) atoms. The summed E-state index contributed by atoms with van der Waals surface area (Å²) in [6, 6.07) is 12.0. The monoisotopic (exact) mass is 539 g/mol. The highest BCUT2D eigenvalue weighted by atomic mass is 16.5. The second-order valence-corrected chi connectivity index (χ2v) is 10.4. The molecular weight excluding hydrogens is 506 g/mol. The summed E-state index contributed by atoms with van der Waals surface area (Å²) in [6.45, 7) is 5.65. The standard InChI is InChI=1S/C31H33N5O4/c1-18(2)23-17-33-25-14-27(29-26(38-5)13-21(16-34-29)31(37)36(3)4)40-30(25)28(23)19-6-7-24(20(12-19)15-32)35-22-8-10-39-11-9-22/h6-7,12-14,16-18,22,35H,8-11H2,1-5H3. The van der Waals surface area contributed by atoms with Crippen LogP contribution < -0.4 is 10.1 Å². The Bertz CT molecular complexity index is 1600. The molecule has 1 aromatic carbocycles. The van der Waals surface area contributed by atoms with Gasteiger partial charge in [-0.15, -0.1) is 0 Å². The summed E-state index contributed by atoms with van der Waals surface area (Å²) in [4.78, 5) is 23.1. The van der Waals surface area contributed by atoms with Crippen LogP contribution in [0.25, 0.3) is 33.7 Å². The highest BCUT2D eigenvalue weighted by molar-refractivity contribution is 5.96. The van der Waals surface area contributed by atoms with E-state index in [2.05, 4.69) is 35.2 Å². The zero-order valence-electron chi connectivity index (χ0n) is 23.4. The number of carbonyl (C=O) groups is 1. The van der Waals surface area contributed by atoms with Crippen LogP contribution in [0.3, 0.4) is 0 Å². The summed E-state index contributed by atoms with van der Waals surface area (Å²) in [5, 5.41) is 13.5. The lowest BCUT2D eigenvalue weighted by Gasteiger charge is -2.25. The number of aromatic nitrogens is 2. The number of hydrogen-bond acceptors (Lipinski definition) is 8. The van der Waals surface area contributed by atoms with Gasteiger partial charge in [0.1, 0.15) is 23.0 Å². The first-order chi connectivity index (χ1) is 19.3. The topological polar surface area (TPSA) is 114 Å². The largest absolute Gasteiger partial charge is 0.494 e. The van der Waals surface area contributed by atoms with E-state index in [1.807, 2.05) is 30.5 Å². The molecule has 1 aliphatic rings. The lowest BCUT2D eigenvalue weighted by atomic mass is 9.92. The van der Waals surface area contributed by atoms with Crippen LogP contribution in [-0.4, -0.2) is 61.2 Å². The summed E-state index contributed by atoms with van der Waals surface area (Å²) in [6.07, 6.45) is 5.20. The number of nitriles is 1. The Morgan fingerprint density at radius 2 is 1.93 bits per heavy atom. The smallest absolute Gasteiger partial charge is 0.255 e. The summed E-state index contributed by atoms with van der Waals surface area (Å²) >= 11 is 0. The predicted molar refractivity (Wildman–Crippen MR) is 154 cm³/mol. The van der Waals surface area contributed by atoms with Gasteiger partial charge in [-0.25, -0.2) is 4.98 Å². The van der Waals surface area contributed by atoms with E-state index in [1.165, 1.54) is 18.2 Å². The molecule has 0 saturated carbocycles. The van der Waals surface area contributed by atoms with Gasteiger partial charge in [-0.1, -0.05) is 19.9 Å². The summed E-state index contributed by atoms with van der Waals surface area (Å²) in [5.41, 5.74) is 6.31. The SMILES string of the molecule is COc1cc(C(=O)N(C)C)cnc1-c1cc2ncc(C(C)C)c(-c3ccc(NC4CCOCC4)c(C#N)c3)c2o1. The van der Waals surface area contributed by atoms with Crippen molar-refractivity contribution in [2.24, 2.45) is 0 Å². The van der Waals surface area contributed by atoms with Gasteiger partial charge in [0.25, 0.3) is 5.91 Å². The Hall–Kier alpha value is -4.42. The molecule has 4 aromatic rings. The molecule has 1 fully saturated rings. The summed E-state index contributed by atoms with van der Waals surface area (Å²) in [7, 11) is 4.91. The molecule has 3 aromatic heterocycles. The number of ether oxygens (including phenoxy) is 2. The van der Waals surface area contributed by atoms with Crippen molar-refractivity contribution in [1.82, 2.24) is 14.9 Å². The third kappa shape index (κ3) is 5.23. The predicted octanol–water partition coefficient (Wildman–Crippen LogP) is 5.85. The van der Waals surface area contributed by atoms with Gasteiger partial charge in [0, 0.05) is 57.4 Å². The second kappa shape index (κ2) is 11.4. The zero-order chi connectivity index (χ0) is 28.4. The Kier molecular flexibility index (Phi) is 7.71. The molecular formula is C31H33N5O4. The van der Waals surface area contributed by atoms with Crippen molar-refractivity contribution in [3.63, 3.8) is 0 Å². The van der Waals surface area contributed by atoms with Crippen molar-refractivity contribution in [2.45, 2.75) is 38.6 Å². The number of nitrogens with one attached hydrogen (secondary N) is 1. The van der Waals surface area contributed by atoms with Gasteiger partial charge >= 0.3 is 0 Å². The Balaban J connectivity index is 1.60. The second-order valence-electron chi connectivity index (χ2n) is 10.4. The molecule has 0 bridgehead atoms. The third-order valence-corrected chi connectivity index (χ3v) is 7.16. The molecule has 0 atom stereocenters. The van der Waals surface area contributed by atoms with Gasteiger partial charge in [0.05, 0.1) is 23.9 Å². The van der Waals surface area contributed by atoms with E-state index in [-0.39, 0.29) is 17.9 Å². The molecule has 1 N–H and O–H groups in total. The number of methoxy groups -OCH3 is 1. The van der Waals surface area contributed by atoms with Gasteiger partial charge in [0.15, 0.2) is 11.3 Å². The van der Waals surface area contributed by atoms with E-state index in [0.717, 1.165) is 48.4 Å².